The molecule has 0 atom stereocenters. The monoisotopic (exact) mass is 237 g/mol. The maximum atomic E-state index is 10.4. The highest BCUT2D eigenvalue weighted by atomic mass is 31.1. The van der Waals surface area contributed by atoms with Gasteiger partial charge in [0, 0.05) is 5.30 Å². The van der Waals surface area contributed by atoms with E-state index >= 15 is 0 Å². The van der Waals surface area contributed by atoms with E-state index in [9.17, 15) is 5.11 Å². The zero-order chi connectivity index (χ0) is 12.0. The SMILES string of the molecule is Cc1cc(OCCC(C)C)ccc1P=C[O-]. The lowest BCUT2D eigenvalue weighted by Crippen LogP contribution is -2.05. The van der Waals surface area contributed by atoms with Gasteiger partial charge in [-0.25, -0.2) is 0 Å². The zero-order valence-corrected chi connectivity index (χ0v) is 11.0. The number of ether oxygens (including phenoxy) is 1. The average molecular weight is 237 g/mol. The quantitative estimate of drug-likeness (QED) is 0.735. The minimum atomic E-state index is 0.661. The van der Waals surface area contributed by atoms with Gasteiger partial charge in [0.2, 0.25) is 0 Å². The molecular formula is C13H18O2P-. The van der Waals surface area contributed by atoms with E-state index in [1.165, 1.54) is 0 Å². The molecule has 0 amide bonds. The Morgan fingerprint density at radius 2 is 2.19 bits per heavy atom. The van der Waals surface area contributed by atoms with Gasteiger partial charge in [0.1, 0.15) is 5.75 Å². The first kappa shape index (κ1) is 13.2. The van der Waals surface area contributed by atoms with Gasteiger partial charge in [0.05, 0.1) is 6.61 Å². The molecule has 1 aromatic carbocycles. The van der Waals surface area contributed by atoms with Gasteiger partial charge in [0.25, 0.3) is 0 Å². The van der Waals surface area contributed by atoms with Crippen molar-refractivity contribution in [1.82, 2.24) is 0 Å². The molecule has 0 aliphatic carbocycles. The lowest BCUT2D eigenvalue weighted by molar-refractivity contribution is -0.195. The summed E-state index contributed by atoms with van der Waals surface area (Å²) >= 11 is 0. The summed E-state index contributed by atoms with van der Waals surface area (Å²) in [5, 5.41) is 11.5. The molecule has 0 radical (unpaired) electrons. The van der Waals surface area contributed by atoms with Gasteiger partial charge >= 0.3 is 0 Å². The fourth-order valence-electron chi connectivity index (χ4n) is 1.33. The number of hydrogen-bond acceptors (Lipinski definition) is 2. The maximum Gasteiger partial charge on any atom is 0.119 e. The predicted octanol–water partition coefficient (Wildman–Crippen LogP) is 2.11. The van der Waals surface area contributed by atoms with E-state index in [4.69, 9.17) is 4.74 Å². The van der Waals surface area contributed by atoms with Crippen molar-refractivity contribution >= 4 is 19.5 Å². The molecule has 3 heteroatoms. The van der Waals surface area contributed by atoms with Crippen molar-refractivity contribution in [3.63, 3.8) is 0 Å². The molecule has 0 spiro atoms. The second-order valence-electron chi connectivity index (χ2n) is 4.21. The Hall–Kier alpha value is -0.850. The molecule has 2 nitrogen and oxygen atoms in total. The Labute approximate surface area is 99.1 Å². The largest absolute Gasteiger partial charge is 0.830 e. The van der Waals surface area contributed by atoms with Crippen LogP contribution in [0.3, 0.4) is 0 Å². The van der Waals surface area contributed by atoms with Crippen molar-refractivity contribution in [2.75, 3.05) is 6.61 Å². The van der Waals surface area contributed by atoms with Crippen LogP contribution in [0, 0.1) is 12.8 Å². The normalized spacial score (nSPS) is 11.3. The first-order chi connectivity index (χ1) is 7.63. The highest BCUT2D eigenvalue weighted by molar-refractivity contribution is 7.46. The number of rotatable bonds is 5. The Balaban J connectivity index is 2.59. The topological polar surface area (TPSA) is 32.3 Å². The van der Waals surface area contributed by atoms with Crippen LogP contribution >= 0.6 is 8.20 Å². The summed E-state index contributed by atoms with van der Waals surface area (Å²) in [7, 11) is 0.724. The van der Waals surface area contributed by atoms with E-state index in [1.807, 2.05) is 25.1 Å². The van der Waals surface area contributed by atoms with E-state index in [0.717, 1.165) is 43.8 Å². The number of aryl methyl sites for hydroxylation is 1. The molecule has 88 valence electrons. The van der Waals surface area contributed by atoms with Gasteiger partial charge < -0.3 is 9.84 Å². The Kier molecular flexibility index (Phi) is 5.51. The molecular weight excluding hydrogens is 219 g/mol. The molecule has 0 heterocycles. The van der Waals surface area contributed by atoms with Crippen molar-refractivity contribution < 1.29 is 9.84 Å². The van der Waals surface area contributed by atoms with E-state index in [1.54, 1.807) is 0 Å². The second kappa shape index (κ2) is 6.67. The van der Waals surface area contributed by atoms with Gasteiger partial charge in [-0.2, -0.15) is 5.98 Å². The third kappa shape index (κ3) is 4.34. The molecule has 0 N–H and O–H groups in total. The fraction of sp³-hybridized carbons (Fsp3) is 0.462. The van der Waals surface area contributed by atoms with Crippen LogP contribution in [0.15, 0.2) is 18.2 Å². The second-order valence-corrected chi connectivity index (χ2v) is 5.16. The lowest BCUT2D eigenvalue weighted by Gasteiger charge is -2.09. The standard InChI is InChI=1S/C13H19O2P/c1-10(2)6-7-15-12-4-5-13(16-9-14)11(3)8-12/h4-5,8-10,14H,6-7H2,1-3H3/p-1. The van der Waals surface area contributed by atoms with E-state index < -0.39 is 0 Å². The summed E-state index contributed by atoms with van der Waals surface area (Å²) in [5.41, 5.74) is 1.11. The molecule has 0 bridgehead atoms. The third-order valence-electron chi connectivity index (χ3n) is 2.32. The summed E-state index contributed by atoms with van der Waals surface area (Å²) in [5.74, 6) is 2.46. The van der Waals surface area contributed by atoms with Crippen molar-refractivity contribution in [3.05, 3.63) is 23.8 Å². The van der Waals surface area contributed by atoms with Gasteiger partial charge in [-0.05, 0) is 43.0 Å². The number of benzene rings is 1. The van der Waals surface area contributed by atoms with Crippen molar-refractivity contribution in [3.8, 4) is 5.75 Å². The first-order valence-corrected chi connectivity index (χ1v) is 6.47. The highest BCUT2D eigenvalue weighted by Crippen LogP contribution is 2.15. The van der Waals surface area contributed by atoms with Crippen molar-refractivity contribution in [2.45, 2.75) is 27.2 Å². The average Bonchev–Trinajstić information content (AvgIpc) is 2.21. The van der Waals surface area contributed by atoms with Crippen LogP contribution in [0.1, 0.15) is 25.8 Å². The minimum Gasteiger partial charge on any atom is -0.830 e. The summed E-state index contributed by atoms with van der Waals surface area (Å²) in [6.45, 7) is 7.12. The Morgan fingerprint density at radius 3 is 2.75 bits per heavy atom. The Bertz CT molecular complexity index is 359. The molecule has 0 aliphatic heterocycles. The molecule has 0 fully saturated rings. The molecule has 1 aromatic rings. The van der Waals surface area contributed by atoms with Gasteiger partial charge in [0.15, 0.2) is 0 Å². The molecule has 1 rings (SSSR count). The van der Waals surface area contributed by atoms with Crippen molar-refractivity contribution in [2.24, 2.45) is 5.92 Å². The van der Waals surface area contributed by atoms with E-state index in [0.29, 0.717) is 5.92 Å². The molecule has 0 saturated heterocycles. The van der Waals surface area contributed by atoms with E-state index in [2.05, 4.69) is 13.8 Å². The smallest absolute Gasteiger partial charge is 0.119 e. The molecule has 0 aliphatic rings. The minimum absolute atomic E-state index is 0.661. The van der Waals surface area contributed by atoms with Crippen LogP contribution in [-0.4, -0.2) is 12.6 Å². The summed E-state index contributed by atoms with van der Waals surface area (Å²) in [4.78, 5) is 0. The summed E-state index contributed by atoms with van der Waals surface area (Å²) in [6, 6.07) is 5.88. The van der Waals surface area contributed by atoms with Crippen LogP contribution in [0.4, 0.5) is 0 Å². The van der Waals surface area contributed by atoms with E-state index in [-0.39, 0.29) is 0 Å². The molecule has 0 saturated carbocycles. The van der Waals surface area contributed by atoms with Gasteiger partial charge in [-0.1, -0.05) is 22.1 Å². The van der Waals surface area contributed by atoms with Crippen LogP contribution in [0.25, 0.3) is 0 Å². The zero-order valence-electron chi connectivity index (χ0n) is 10.1. The first-order valence-electron chi connectivity index (χ1n) is 5.51. The molecule has 16 heavy (non-hydrogen) atoms. The lowest BCUT2D eigenvalue weighted by atomic mass is 10.1. The van der Waals surface area contributed by atoms with Crippen LogP contribution in [0.2, 0.25) is 0 Å². The van der Waals surface area contributed by atoms with Gasteiger partial charge in [-0.15, -0.1) is 0 Å². The molecule has 0 unspecified atom stereocenters. The van der Waals surface area contributed by atoms with Crippen molar-refractivity contribution in [1.29, 1.82) is 0 Å². The Morgan fingerprint density at radius 1 is 1.44 bits per heavy atom. The maximum absolute atomic E-state index is 10.4. The van der Waals surface area contributed by atoms with Crippen LogP contribution < -0.4 is 15.1 Å². The van der Waals surface area contributed by atoms with Gasteiger partial charge in [-0.3, -0.25) is 0 Å². The fourth-order valence-corrected chi connectivity index (χ4v) is 1.87. The third-order valence-corrected chi connectivity index (χ3v) is 3.21. The van der Waals surface area contributed by atoms with Crippen LogP contribution in [-0.2, 0) is 0 Å². The number of hydrogen-bond donors (Lipinski definition) is 0. The highest BCUT2D eigenvalue weighted by Gasteiger charge is 1.99. The molecule has 0 aromatic heterocycles. The summed E-state index contributed by atoms with van der Waals surface area (Å²) in [6.07, 6.45) is 1.06. The summed E-state index contributed by atoms with van der Waals surface area (Å²) < 4.78 is 5.64. The predicted molar refractivity (Wildman–Crippen MR) is 68.7 cm³/mol. The van der Waals surface area contributed by atoms with Crippen LogP contribution in [0.5, 0.6) is 5.75 Å².